The highest BCUT2D eigenvalue weighted by molar-refractivity contribution is 6.08. The molecule has 1 aromatic carbocycles. The maximum Gasteiger partial charge on any atom is 0.339 e. The van der Waals surface area contributed by atoms with Crippen LogP contribution in [0.15, 0.2) is 59.4 Å². The Hall–Kier alpha value is -3.88. The third-order valence-corrected chi connectivity index (χ3v) is 4.98. The molecule has 0 bridgehead atoms. The van der Waals surface area contributed by atoms with Gasteiger partial charge in [0.2, 0.25) is 5.91 Å². The van der Waals surface area contributed by atoms with Crippen molar-refractivity contribution >= 4 is 29.1 Å². The van der Waals surface area contributed by atoms with E-state index in [-0.39, 0.29) is 24.0 Å². The summed E-state index contributed by atoms with van der Waals surface area (Å²) >= 11 is 0. The maximum absolute atomic E-state index is 12.3. The van der Waals surface area contributed by atoms with Crippen molar-refractivity contribution in [1.29, 1.82) is 5.41 Å². The second-order valence-corrected chi connectivity index (χ2v) is 7.87. The standard InChI is InChI=1S/C22H28N4O4.C5H11N/c1-6-30-22(28)13(2)18(12-19(24-4)26-21(27)15-10-11-15)25-17-9-7-8-16(14(3)23)20(17)29-5;1-3-4-5-6-2/h7-9,12,15,23,25H,2,6,10-11H2,1,3-5H3,(H,24,26,27);4-6H,3H2,1-2H3/b18-12+,23-14?;5-4+. The van der Waals surface area contributed by atoms with E-state index in [1.54, 1.807) is 39.1 Å². The first-order chi connectivity index (χ1) is 17.2. The molecule has 0 unspecified atom stereocenters. The lowest BCUT2D eigenvalue weighted by Gasteiger charge is -2.18. The van der Waals surface area contributed by atoms with Gasteiger partial charge in [-0.3, -0.25) is 9.79 Å². The van der Waals surface area contributed by atoms with Gasteiger partial charge in [-0.25, -0.2) is 4.79 Å². The van der Waals surface area contributed by atoms with Crippen LogP contribution in [0.3, 0.4) is 0 Å². The summed E-state index contributed by atoms with van der Waals surface area (Å²) in [5.41, 5.74) is 1.83. The van der Waals surface area contributed by atoms with Gasteiger partial charge in [-0.05, 0) is 51.4 Å². The molecule has 1 saturated carbocycles. The predicted molar refractivity (Wildman–Crippen MR) is 146 cm³/mol. The molecular weight excluding hydrogens is 458 g/mol. The average molecular weight is 498 g/mol. The number of nitrogens with one attached hydrogen (secondary N) is 4. The number of allylic oxidation sites excluding steroid dienone is 1. The molecule has 0 saturated heterocycles. The summed E-state index contributed by atoms with van der Waals surface area (Å²) in [6.45, 7) is 9.51. The van der Waals surface area contributed by atoms with Gasteiger partial charge in [0.1, 0.15) is 5.84 Å². The molecule has 1 amide bonds. The van der Waals surface area contributed by atoms with Crippen LogP contribution in [0.1, 0.15) is 45.6 Å². The van der Waals surface area contributed by atoms with E-state index < -0.39 is 5.97 Å². The first kappa shape index (κ1) is 30.2. The second-order valence-electron chi connectivity index (χ2n) is 7.87. The third kappa shape index (κ3) is 9.77. The highest BCUT2D eigenvalue weighted by Crippen LogP contribution is 2.31. The Balaban J connectivity index is 0.000000960. The van der Waals surface area contributed by atoms with Gasteiger partial charge in [-0.1, -0.05) is 25.6 Å². The van der Waals surface area contributed by atoms with Gasteiger partial charge in [0, 0.05) is 37.4 Å². The van der Waals surface area contributed by atoms with Crippen LogP contribution in [0.5, 0.6) is 5.75 Å². The molecular formula is C27H39N5O4. The number of benzene rings is 1. The van der Waals surface area contributed by atoms with Gasteiger partial charge in [0.25, 0.3) is 0 Å². The molecule has 196 valence electrons. The molecule has 36 heavy (non-hydrogen) atoms. The van der Waals surface area contributed by atoms with Crippen LogP contribution in [0.25, 0.3) is 0 Å². The predicted octanol–water partition coefficient (Wildman–Crippen LogP) is 4.18. The summed E-state index contributed by atoms with van der Waals surface area (Å²) < 4.78 is 10.6. The first-order valence-corrected chi connectivity index (χ1v) is 11.9. The van der Waals surface area contributed by atoms with Crippen molar-refractivity contribution in [3.8, 4) is 5.75 Å². The van der Waals surface area contributed by atoms with Crippen molar-refractivity contribution in [1.82, 2.24) is 10.6 Å². The first-order valence-electron chi connectivity index (χ1n) is 11.9. The normalized spacial score (nSPS) is 13.3. The van der Waals surface area contributed by atoms with E-state index >= 15 is 0 Å². The zero-order valence-electron chi connectivity index (χ0n) is 22.2. The van der Waals surface area contributed by atoms with Crippen LogP contribution in [0, 0.1) is 11.3 Å². The minimum Gasteiger partial charge on any atom is -0.494 e. The molecule has 1 fully saturated rings. The molecule has 1 aliphatic rings. The Morgan fingerprint density at radius 2 is 1.97 bits per heavy atom. The number of carbonyl (C=O) groups excluding carboxylic acids is 2. The number of amides is 1. The van der Waals surface area contributed by atoms with Gasteiger partial charge in [-0.2, -0.15) is 0 Å². The Morgan fingerprint density at radius 3 is 2.44 bits per heavy atom. The molecule has 0 aromatic heterocycles. The number of anilines is 1. The molecule has 1 aliphatic carbocycles. The quantitative estimate of drug-likeness (QED) is 0.119. The fraction of sp³-hybridized carbons (Fsp3) is 0.407. The number of amidine groups is 1. The van der Waals surface area contributed by atoms with Gasteiger partial charge in [0.15, 0.2) is 5.75 Å². The Morgan fingerprint density at radius 1 is 1.28 bits per heavy atom. The lowest BCUT2D eigenvalue weighted by atomic mass is 10.1. The van der Waals surface area contributed by atoms with Crippen LogP contribution >= 0.6 is 0 Å². The molecule has 0 aliphatic heterocycles. The fourth-order valence-corrected chi connectivity index (χ4v) is 2.93. The number of ether oxygens (including phenoxy) is 2. The van der Waals surface area contributed by atoms with E-state index in [0.29, 0.717) is 34.2 Å². The number of para-hydroxylation sites is 1. The van der Waals surface area contributed by atoms with Gasteiger partial charge in [0.05, 0.1) is 30.7 Å². The number of esters is 1. The molecule has 1 aromatic rings. The van der Waals surface area contributed by atoms with Crippen LogP contribution in [-0.4, -0.2) is 51.2 Å². The van der Waals surface area contributed by atoms with E-state index in [0.717, 1.165) is 19.3 Å². The molecule has 0 heterocycles. The lowest BCUT2D eigenvalue weighted by molar-refractivity contribution is -0.138. The smallest absolute Gasteiger partial charge is 0.339 e. The molecule has 0 radical (unpaired) electrons. The summed E-state index contributed by atoms with van der Waals surface area (Å²) in [7, 11) is 4.95. The number of aliphatic imine (C=N–C) groups is 1. The SMILES string of the molecule is C=C(C(=O)OCC)/C(=C\C(=NC)NC(=O)C1CC1)Nc1cccc(C(C)=N)c1OC.CC/C=C/NC. The molecule has 0 atom stereocenters. The number of hydrogen-bond acceptors (Lipinski definition) is 8. The summed E-state index contributed by atoms with van der Waals surface area (Å²) in [6, 6.07) is 5.29. The average Bonchev–Trinajstić information content (AvgIpc) is 3.72. The summed E-state index contributed by atoms with van der Waals surface area (Å²) in [4.78, 5) is 28.6. The summed E-state index contributed by atoms with van der Waals surface area (Å²) in [5.74, 6) is 0.0421. The van der Waals surface area contributed by atoms with Crippen molar-refractivity contribution in [2.75, 3.05) is 33.1 Å². The molecule has 9 nitrogen and oxygen atoms in total. The molecule has 2 rings (SSSR count). The van der Waals surface area contributed by atoms with Crippen molar-refractivity contribution in [2.24, 2.45) is 10.9 Å². The largest absolute Gasteiger partial charge is 0.494 e. The van der Waals surface area contributed by atoms with Crippen LogP contribution in [0.4, 0.5) is 5.69 Å². The van der Waals surface area contributed by atoms with Crippen LogP contribution in [-0.2, 0) is 14.3 Å². The van der Waals surface area contributed by atoms with Crippen molar-refractivity contribution < 1.29 is 19.1 Å². The summed E-state index contributed by atoms with van der Waals surface area (Å²) in [6.07, 6.45) is 8.37. The number of nitrogens with zero attached hydrogens (tertiary/aromatic N) is 1. The number of carbonyl (C=O) groups is 2. The second kappa shape index (κ2) is 15.9. The minimum absolute atomic E-state index is 0.00663. The van der Waals surface area contributed by atoms with E-state index in [1.165, 1.54) is 13.2 Å². The molecule has 4 N–H and O–H groups in total. The zero-order chi connectivity index (χ0) is 27.1. The molecule has 0 spiro atoms. The topological polar surface area (TPSA) is 125 Å². The number of hydrogen-bond donors (Lipinski definition) is 4. The van der Waals surface area contributed by atoms with Crippen LogP contribution < -0.4 is 20.7 Å². The van der Waals surface area contributed by atoms with E-state index in [9.17, 15) is 9.59 Å². The third-order valence-electron chi connectivity index (χ3n) is 4.98. The van der Waals surface area contributed by atoms with Gasteiger partial charge in [-0.15, -0.1) is 0 Å². The lowest BCUT2D eigenvalue weighted by Crippen LogP contribution is -2.31. The fourth-order valence-electron chi connectivity index (χ4n) is 2.93. The van der Waals surface area contributed by atoms with Crippen LogP contribution in [0.2, 0.25) is 0 Å². The Labute approximate surface area is 214 Å². The van der Waals surface area contributed by atoms with Gasteiger partial charge >= 0.3 is 5.97 Å². The highest BCUT2D eigenvalue weighted by atomic mass is 16.5. The van der Waals surface area contributed by atoms with E-state index in [4.69, 9.17) is 14.9 Å². The summed E-state index contributed by atoms with van der Waals surface area (Å²) in [5, 5.41) is 16.7. The zero-order valence-corrected chi connectivity index (χ0v) is 22.2. The minimum atomic E-state index is -0.599. The van der Waals surface area contributed by atoms with Crippen molar-refractivity contribution in [3.05, 3.63) is 60.0 Å². The van der Waals surface area contributed by atoms with Crippen molar-refractivity contribution in [2.45, 2.75) is 40.0 Å². The number of methoxy groups -OCH3 is 1. The Kier molecular flexibility index (Phi) is 13.3. The Bertz CT molecular complexity index is 1020. The van der Waals surface area contributed by atoms with E-state index in [2.05, 4.69) is 40.5 Å². The monoisotopic (exact) mass is 497 g/mol. The van der Waals surface area contributed by atoms with Crippen molar-refractivity contribution in [3.63, 3.8) is 0 Å². The number of rotatable bonds is 11. The highest BCUT2D eigenvalue weighted by Gasteiger charge is 2.30. The maximum atomic E-state index is 12.3. The van der Waals surface area contributed by atoms with Gasteiger partial charge < -0.3 is 30.8 Å². The molecule has 9 heteroatoms. The van der Waals surface area contributed by atoms with E-state index in [1.807, 2.05) is 13.2 Å².